The summed E-state index contributed by atoms with van der Waals surface area (Å²) in [5.41, 5.74) is 2.50. The summed E-state index contributed by atoms with van der Waals surface area (Å²) in [6.45, 7) is 5.47. The highest BCUT2D eigenvalue weighted by molar-refractivity contribution is 7.14. The van der Waals surface area contributed by atoms with E-state index in [9.17, 15) is 9.59 Å². The van der Waals surface area contributed by atoms with Crippen LogP contribution in [0.2, 0.25) is 0 Å². The maximum absolute atomic E-state index is 12.0. The third-order valence-electron chi connectivity index (χ3n) is 3.40. The lowest BCUT2D eigenvalue weighted by Gasteiger charge is -2.08. The van der Waals surface area contributed by atoms with Crippen molar-refractivity contribution in [1.29, 1.82) is 0 Å². The first-order valence-electron chi connectivity index (χ1n) is 7.64. The Hall–Kier alpha value is -2.21. The number of aromatic nitrogens is 1. The molecule has 2 amide bonds. The van der Waals surface area contributed by atoms with Gasteiger partial charge in [0.15, 0.2) is 5.13 Å². The normalized spacial score (nSPS) is 11.8. The first kappa shape index (κ1) is 17.1. The number of nitrogens with one attached hydrogen (secondary N) is 2. The second-order valence-corrected chi connectivity index (χ2v) is 6.33. The number of anilines is 2. The Bertz CT molecular complexity index is 679. The molecule has 0 spiro atoms. The number of hydrogen-bond acceptors (Lipinski definition) is 4. The molecule has 0 bridgehead atoms. The molecule has 1 unspecified atom stereocenters. The molecule has 0 saturated heterocycles. The number of carbonyl (C=O) groups excluding carboxylic acids is 2. The molecule has 122 valence electrons. The van der Waals surface area contributed by atoms with Crippen LogP contribution >= 0.6 is 11.3 Å². The fourth-order valence-electron chi connectivity index (χ4n) is 2.18. The van der Waals surface area contributed by atoms with Gasteiger partial charge in [-0.1, -0.05) is 32.4 Å². The quantitative estimate of drug-likeness (QED) is 0.835. The molecule has 0 aliphatic heterocycles. The highest BCUT2D eigenvalue weighted by Crippen LogP contribution is 2.26. The predicted octanol–water partition coefficient (Wildman–Crippen LogP) is 4.14. The minimum Gasteiger partial charge on any atom is -0.326 e. The highest BCUT2D eigenvalue weighted by atomic mass is 32.1. The Balaban J connectivity index is 2.04. The number of rotatable bonds is 6. The van der Waals surface area contributed by atoms with Crippen LogP contribution < -0.4 is 10.6 Å². The van der Waals surface area contributed by atoms with E-state index in [0.29, 0.717) is 5.13 Å². The minimum atomic E-state index is -0.0994. The zero-order valence-corrected chi connectivity index (χ0v) is 14.4. The van der Waals surface area contributed by atoms with Crippen LogP contribution in [0.3, 0.4) is 0 Å². The van der Waals surface area contributed by atoms with Gasteiger partial charge in [-0.15, -0.1) is 11.3 Å². The van der Waals surface area contributed by atoms with Crippen LogP contribution in [0.1, 0.15) is 33.6 Å². The molecule has 2 N–H and O–H groups in total. The molecule has 0 saturated carbocycles. The molecule has 0 aliphatic rings. The smallest absolute Gasteiger partial charge is 0.228 e. The first-order valence-corrected chi connectivity index (χ1v) is 8.52. The summed E-state index contributed by atoms with van der Waals surface area (Å²) in [4.78, 5) is 27.5. The van der Waals surface area contributed by atoms with E-state index in [2.05, 4.69) is 22.5 Å². The van der Waals surface area contributed by atoms with Crippen molar-refractivity contribution in [3.05, 3.63) is 29.6 Å². The first-order chi connectivity index (χ1) is 11.0. The van der Waals surface area contributed by atoms with Crippen molar-refractivity contribution in [1.82, 2.24) is 4.98 Å². The summed E-state index contributed by atoms with van der Waals surface area (Å²) in [5, 5.41) is 8.11. The van der Waals surface area contributed by atoms with E-state index in [4.69, 9.17) is 0 Å². The van der Waals surface area contributed by atoms with Crippen LogP contribution in [0.4, 0.5) is 10.8 Å². The van der Waals surface area contributed by atoms with Gasteiger partial charge in [-0.05, 0) is 18.6 Å². The molecule has 23 heavy (non-hydrogen) atoms. The number of amides is 2. The Labute approximate surface area is 140 Å². The van der Waals surface area contributed by atoms with Gasteiger partial charge in [0, 0.05) is 29.5 Å². The van der Waals surface area contributed by atoms with Gasteiger partial charge in [-0.2, -0.15) is 0 Å². The maximum atomic E-state index is 12.0. The number of carbonyl (C=O) groups is 2. The van der Waals surface area contributed by atoms with E-state index in [0.717, 1.165) is 29.8 Å². The summed E-state index contributed by atoms with van der Waals surface area (Å²) < 4.78 is 0. The van der Waals surface area contributed by atoms with E-state index in [1.54, 1.807) is 0 Å². The molecule has 5 nitrogen and oxygen atoms in total. The molecule has 0 radical (unpaired) electrons. The second kappa shape index (κ2) is 7.87. The maximum Gasteiger partial charge on any atom is 0.228 e. The van der Waals surface area contributed by atoms with E-state index >= 15 is 0 Å². The molecule has 0 aliphatic carbocycles. The Morgan fingerprint density at radius 1 is 1.22 bits per heavy atom. The fraction of sp³-hybridized carbons (Fsp3) is 0.353. The lowest BCUT2D eigenvalue weighted by molar-refractivity contribution is -0.119. The number of benzene rings is 1. The zero-order chi connectivity index (χ0) is 16.8. The molecular weight excluding hydrogens is 310 g/mol. The van der Waals surface area contributed by atoms with Gasteiger partial charge in [-0.25, -0.2) is 4.98 Å². The van der Waals surface area contributed by atoms with Crippen molar-refractivity contribution in [2.45, 2.75) is 33.6 Å². The van der Waals surface area contributed by atoms with Crippen LogP contribution in [0, 0.1) is 5.92 Å². The van der Waals surface area contributed by atoms with E-state index < -0.39 is 0 Å². The second-order valence-electron chi connectivity index (χ2n) is 5.48. The summed E-state index contributed by atoms with van der Waals surface area (Å²) >= 11 is 1.41. The largest absolute Gasteiger partial charge is 0.326 e. The standard InChI is InChI=1S/C17H21N3O2S/c1-4-5-11(2)16(22)20-17-19-15(10-23-17)13-6-8-14(9-7-13)18-12(3)21/h6-11H,4-5H2,1-3H3,(H,18,21)(H,19,20,22). The molecule has 2 rings (SSSR count). The SMILES string of the molecule is CCCC(C)C(=O)Nc1nc(-c2ccc(NC(C)=O)cc2)cs1. The van der Waals surface area contributed by atoms with Crippen molar-refractivity contribution in [3.8, 4) is 11.3 Å². The van der Waals surface area contributed by atoms with Crippen molar-refractivity contribution in [2.75, 3.05) is 10.6 Å². The molecular formula is C17H21N3O2S. The lowest BCUT2D eigenvalue weighted by atomic mass is 10.1. The van der Waals surface area contributed by atoms with E-state index in [1.165, 1.54) is 18.3 Å². The van der Waals surface area contributed by atoms with Crippen LogP contribution in [-0.2, 0) is 9.59 Å². The topological polar surface area (TPSA) is 71.1 Å². The van der Waals surface area contributed by atoms with Crippen molar-refractivity contribution < 1.29 is 9.59 Å². The van der Waals surface area contributed by atoms with Gasteiger partial charge in [0.1, 0.15) is 0 Å². The molecule has 1 aromatic heterocycles. The van der Waals surface area contributed by atoms with Crippen molar-refractivity contribution >= 4 is 34.0 Å². The molecule has 1 atom stereocenters. The van der Waals surface area contributed by atoms with Crippen LogP contribution in [0.25, 0.3) is 11.3 Å². The van der Waals surface area contributed by atoms with Crippen LogP contribution in [0.5, 0.6) is 0 Å². The average molecular weight is 331 g/mol. The van der Waals surface area contributed by atoms with E-state index in [-0.39, 0.29) is 17.7 Å². The molecule has 1 aromatic carbocycles. The third-order valence-corrected chi connectivity index (χ3v) is 4.16. The Morgan fingerprint density at radius 2 is 1.91 bits per heavy atom. The van der Waals surface area contributed by atoms with Crippen LogP contribution in [-0.4, -0.2) is 16.8 Å². The molecule has 0 fully saturated rings. The van der Waals surface area contributed by atoms with Crippen LogP contribution in [0.15, 0.2) is 29.6 Å². The van der Waals surface area contributed by atoms with Gasteiger partial charge in [0.25, 0.3) is 0 Å². The average Bonchev–Trinajstić information content (AvgIpc) is 2.96. The third kappa shape index (κ3) is 4.89. The fourth-order valence-corrected chi connectivity index (χ4v) is 2.91. The molecule has 1 heterocycles. The monoisotopic (exact) mass is 331 g/mol. The summed E-state index contributed by atoms with van der Waals surface area (Å²) in [6.07, 6.45) is 1.85. The summed E-state index contributed by atoms with van der Waals surface area (Å²) in [5.74, 6) is -0.101. The summed E-state index contributed by atoms with van der Waals surface area (Å²) in [6, 6.07) is 7.45. The van der Waals surface area contributed by atoms with Gasteiger partial charge in [0.2, 0.25) is 11.8 Å². The van der Waals surface area contributed by atoms with Crippen molar-refractivity contribution in [3.63, 3.8) is 0 Å². The zero-order valence-electron chi connectivity index (χ0n) is 13.6. The van der Waals surface area contributed by atoms with Gasteiger partial charge >= 0.3 is 0 Å². The molecule has 6 heteroatoms. The number of nitrogens with zero attached hydrogens (tertiary/aromatic N) is 1. The highest BCUT2D eigenvalue weighted by Gasteiger charge is 2.14. The minimum absolute atomic E-state index is 0.00811. The van der Waals surface area contributed by atoms with Crippen molar-refractivity contribution in [2.24, 2.45) is 5.92 Å². The summed E-state index contributed by atoms with van der Waals surface area (Å²) in [7, 11) is 0. The van der Waals surface area contributed by atoms with Gasteiger partial charge in [-0.3, -0.25) is 9.59 Å². The lowest BCUT2D eigenvalue weighted by Crippen LogP contribution is -2.20. The van der Waals surface area contributed by atoms with E-state index in [1.807, 2.05) is 36.6 Å². The molecule has 2 aromatic rings. The van der Waals surface area contributed by atoms with Gasteiger partial charge in [0.05, 0.1) is 5.69 Å². The Kier molecular flexibility index (Phi) is 5.87. The predicted molar refractivity (Wildman–Crippen MR) is 94.6 cm³/mol. The Morgan fingerprint density at radius 3 is 2.52 bits per heavy atom. The number of thiazole rings is 1. The van der Waals surface area contributed by atoms with Gasteiger partial charge < -0.3 is 10.6 Å². The number of hydrogen-bond donors (Lipinski definition) is 2.